The molecule has 2 spiro atoms. The Morgan fingerprint density at radius 2 is 1.78 bits per heavy atom. The first kappa shape index (κ1) is 22.6. The molecule has 4 heterocycles. The molecule has 37 heavy (non-hydrogen) atoms. The number of aryl methyl sites for hydroxylation is 1. The molecule has 0 aromatic heterocycles. The quantitative estimate of drug-likeness (QED) is 0.480. The first-order valence-electron chi connectivity index (χ1n) is 12.4. The van der Waals surface area contributed by atoms with Gasteiger partial charge in [-0.2, -0.15) is 0 Å². The molecule has 0 bridgehead atoms. The summed E-state index contributed by atoms with van der Waals surface area (Å²) in [6.07, 6.45) is 1.43. The van der Waals surface area contributed by atoms with Crippen LogP contribution in [0.1, 0.15) is 39.9 Å². The largest absolute Gasteiger partial charge is 0.325 e. The maximum atomic E-state index is 14.7. The Kier molecular flexibility index (Phi) is 4.58. The highest BCUT2D eigenvalue weighted by Crippen LogP contribution is 2.66. The van der Waals surface area contributed by atoms with Crippen molar-refractivity contribution in [3.63, 3.8) is 0 Å². The number of ketones is 1. The van der Waals surface area contributed by atoms with Crippen LogP contribution in [0.2, 0.25) is 5.02 Å². The highest BCUT2D eigenvalue weighted by Gasteiger charge is 2.78. The minimum absolute atomic E-state index is 0.253. The minimum atomic E-state index is -1.45. The summed E-state index contributed by atoms with van der Waals surface area (Å²) in [6.45, 7) is 2.44. The van der Waals surface area contributed by atoms with Crippen LogP contribution in [0.4, 0.5) is 15.8 Å². The lowest BCUT2D eigenvalue weighted by Gasteiger charge is -2.38. The molecule has 0 radical (unpaired) electrons. The van der Waals surface area contributed by atoms with Gasteiger partial charge in [-0.25, -0.2) is 4.39 Å². The first-order valence-corrected chi connectivity index (χ1v) is 12.8. The Hall–Kier alpha value is -3.55. The molecule has 4 unspecified atom stereocenters. The fourth-order valence-electron chi connectivity index (χ4n) is 7.52. The predicted octanol–water partition coefficient (Wildman–Crippen LogP) is 4.80. The van der Waals surface area contributed by atoms with Crippen LogP contribution in [0.25, 0.3) is 0 Å². The van der Waals surface area contributed by atoms with E-state index < -0.39 is 22.7 Å². The van der Waals surface area contributed by atoms with Gasteiger partial charge < -0.3 is 10.6 Å². The molecule has 0 saturated carbocycles. The number of hydrogen-bond acceptors (Lipinski definition) is 4. The van der Waals surface area contributed by atoms with Gasteiger partial charge in [-0.15, -0.1) is 0 Å². The number of carbonyl (C=O) groups is 3. The van der Waals surface area contributed by atoms with E-state index in [9.17, 15) is 18.8 Å². The number of para-hydroxylation sites is 1. The fourth-order valence-corrected chi connectivity index (χ4v) is 7.84. The number of anilines is 2. The molecule has 7 rings (SSSR count). The molecule has 186 valence electrons. The van der Waals surface area contributed by atoms with Crippen LogP contribution >= 0.6 is 11.6 Å². The molecule has 3 aromatic carbocycles. The number of hydrogen-bond donors (Lipinski definition) is 2. The van der Waals surface area contributed by atoms with Crippen LogP contribution in [0.5, 0.6) is 0 Å². The number of amides is 2. The maximum absolute atomic E-state index is 14.7. The predicted molar refractivity (Wildman–Crippen MR) is 137 cm³/mol. The zero-order chi connectivity index (χ0) is 25.7. The topological polar surface area (TPSA) is 78.5 Å². The number of rotatable bonds is 2. The number of Topliss-reactive ketones (excluding diaryl/α,β-unsaturated/α-hetero) is 1. The van der Waals surface area contributed by atoms with Gasteiger partial charge in [0.2, 0.25) is 11.8 Å². The van der Waals surface area contributed by atoms with Crippen molar-refractivity contribution in [1.29, 1.82) is 0 Å². The van der Waals surface area contributed by atoms with E-state index in [1.807, 2.05) is 37.3 Å². The van der Waals surface area contributed by atoms with Gasteiger partial charge in [0.25, 0.3) is 0 Å². The smallest absolute Gasteiger partial charge is 0.250 e. The molecular formula is C29H23ClFN3O3. The van der Waals surface area contributed by atoms with E-state index in [-0.39, 0.29) is 29.2 Å². The summed E-state index contributed by atoms with van der Waals surface area (Å²) in [5.74, 6) is -2.59. The van der Waals surface area contributed by atoms with Gasteiger partial charge in [-0.3, -0.25) is 19.3 Å². The third-order valence-electron chi connectivity index (χ3n) is 8.72. The number of halogens is 2. The third-order valence-corrected chi connectivity index (χ3v) is 9.02. The molecular weight excluding hydrogens is 493 g/mol. The summed E-state index contributed by atoms with van der Waals surface area (Å²) < 4.78 is 13.8. The fraction of sp³-hybridized carbons (Fsp3) is 0.276. The van der Waals surface area contributed by atoms with Crippen molar-refractivity contribution in [2.45, 2.75) is 36.8 Å². The van der Waals surface area contributed by atoms with Gasteiger partial charge in [0, 0.05) is 22.9 Å². The zero-order valence-electron chi connectivity index (χ0n) is 20.0. The SMILES string of the molecule is Cc1cc(Cl)c2c(c1)C1(C(=O)N2)C(C(=O)c2ccc(F)cc2)C2(C(=O)Nc3ccccc32)C2CCCN21. The van der Waals surface area contributed by atoms with Crippen molar-refractivity contribution in [2.75, 3.05) is 17.2 Å². The van der Waals surface area contributed by atoms with Crippen LogP contribution in [0.15, 0.2) is 60.7 Å². The van der Waals surface area contributed by atoms with E-state index in [0.717, 1.165) is 12.0 Å². The molecule has 0 aliphatic carbocycles. The summed E-state index contributed by atoms with van der Waals surface area (Å²) in [5.41, 5.74) is 0.792. The van der Waals surface area contributed by atoms with Crippen molar-refractivity contribution in [3.8, 4) is 0 Å². The molecule has 8 heteroatoms. The normalized spacial score (nSPS) is 29.4. The van der Waals surface area contributed by atoms with Gasteiger partial charge in [-0.05, 0) is 73.8 Å². The van der Waals surface area contributed by atoms with E-state index in [1.54, 1.807) is 6.07 Å². The van der Waals surface area contributed by atoms with Gasteiger partial charge >= 0.3 is 0 Å². The molecule has 2 saturated heterocycles. The highest BCUT2D eigenvalue weighted by atomic mass is 35.5. The Morgan fingerprint density at radius 1 is 1.03 bits per heavy atom. The van der Waals surface area contributed by atoms with Crippen LogP contribution in [-0.4, -0.2) is 35.1 Å². The number of nitrogens with one attached hydrogen (secondary N) is 2. The number of benzene rings is 3. The lowest BCUT2D eigenvalue weighted by atomic mass is 9.60. The summed E-state index contributed by atoms with van der Waals surface area (Å²) in [4.78, 5) is 45.2. The standard InChI is InChI=1S/C29H23ClFN3O3/c1-15-13-19-23(20(30)14-15)33-27(37)29(19)25(24(35)16-8-10-17(31)11-9-16)28(22-7-4-12-34(22)29)18-5-2-3-6-21(18)32-26(28)36/h2-3,5-6,8-11,13-14,22,25H,4,7,12H2,1H3,(H,32,36)(H,33,37). The summed E-state index contributed by atoms with van der Waals surface area (Å²) in [5, 5.41) is 6.38. The van der Waals surface area contributed by atoms with E-state index in [1.165, 1.54) is 24.3 Å². The number of carbonyl (C=O) groups excluding carboxylic acids is 3. The van der Waals surface area contributed by atoms with Crippen molar-refractivity contribution < 1.29 is 18.8 Å². The van der Waals surface area contributed by atoms with E-state index in [4.69, 9.17) is 11.6 Å². The molecule has 4 atom stereocenters. The lowest BCUT2D eigenvalue weighted by molar-refractivity contribution is -0.128. The minimum Gasteiger partial charge on any atom is -0.325 e. The molecule has 2 amide bonds. The molecule has 4 aliphatic rings. The Bertz CT molecular complexity index is 1540. The van der Waals surface area contributed by atoms with Gasteiger partial charge in [0.15, 0.2) is 5.78 Å². The van der Waals surface area contributed by atoms with Crippen molar-refractivity contribution in [3.05, 3.63) is 93.8 Å². The lowest BCUT2D eigenvalue weighted by Crippen LogP contribution is -2.55. The second-order valence-electron chi connectivity index (χ2n) is 10.4. The zero-order valence-corrected chi connectivity index (χ0v) is 20.7. The van der Waals surface area contributed by atoms with Crippen LogP contribution in [0, 0.1) is 18.7 Å². The van der Waals surface area contributed by atoms with Crippen molar-refractivity contribution >= 4 is 40.6 Å². The summed E-state index contributed by atoms with van der Waals surface area (Å²) >= 11 is 6.63. The molecule has 4 aliphatic heterocycles. The number of fused-ring (bicyclic) bond motifs is 7. The van der Waals surface area contributed by atoms with Crippen LogP contribution in [-0.2, 0) is 20.5 Å². The van der Waals surface area contributed by atoms with Crippen LogP contribution in [0.3, 0.4) is 0 Å². The van der Waals surface area contributed by atoms with E-state index in [0.29, 0.717) is 40.5 Å². The Balaban J connectivity index is 1.60. The highest BCUT2D eigenvalue weighted by molar-refractivity contribution is 6.35. The van der Waals surface area contributed by atoms with Crippen molar-refractivity contribution in [1.82, 2.24) is 4.90 Å². The van der Waals surface area contributed by atoms with Gasteiger partial charge in [0.05, 0.1) is 16.6 Å². The van der Waals surface area contributed by atoms with Gasteiger partial charge in [0.1, 0.15) is 16.8 Å². The Morgan fingerprint density at radius 3 is 2.57 bits per heavy atom. The molecule has 6 nitrogen and oxygen atoms in total. The Labute approximate surface area is 217 Å². The summed E-state index contributed by atoms with van der Waals surface area (Å²) in [7, 11) is 0. The van der Waals surface area contributed by atoms with Crippen LogP contribution < -0.4 is 10.6 Å². The monoisotopic (exact) mass is 515 g/mol. The second kappa shape index (κ2) is 7.49. The van der Waals surface area contributed by atoms with E-state index >= 15 is 0 Å². The maximum Gasteiger partial charge on any atom is 0.250 e. The molecule has 3 aromatic rings. The molecule has 2 fully saturated rings. The summed E-state index contributed by atoms with van der Waals surface area (Å²) in [6, 6.07) is 16.0. The second-order valence-corrected chi connectivity index (χ2v) is 10.8. The average Bonchev–Trinajstić information content (AvgIpc) is 3.59. The van der Waals surface area contributed by atoms with Gasteiger partial charge in [-0.1, -0.05) is 35.9 Å². The van der Waals surface area contributed by atoms with E-state index in [2.05, 4.69) is 15.5 Å². The number of nitrogens with zero attached hydrogens (tertiary/aromatic N) is 1. The van der Waals surface area contributed by atoms with Crippen molar-refractivity contribution in [2.24, 2.45) is 5.92 Å². The first-order chi connectivity index (χ1) is 17.8. The third kappa shape index (κ3) is 2.61. The molecule has 2 N–H and O–H groups in total. The average molecular weight is 516 g/mol.